The van der Waals surface area contributed by atoms with Gasteiger partial charge in [0.2, 0.25) is 5.78 Å². The first kappa shape index (κ1) is 21.3. The van der Waals surface area contributed by atoms with E-state index in [0.29, 0.717) is 24.3 Å². The molecular formula is C29H27NO3. The highest BCUT2D eigenvalue weighted by atomic mass is 16.5. The summed E-state index contributed by atoms with van der Waals surface area (Å²) in [6.45, 7) is 2.18. The largest absolute Gasteiger partial charge is 0.497 e. The smallest absolute Gasteiger partial charge is 0.214 e. The van der Waals surface area contributed by atoms with Crippen molar-refractivity contribution in [1.29, 1.82) is 0 Å². The molecule has 1 unspecified atom stereocenters. The number of hydrogen-bond donors (Lipinski definition) is 0. The summed E-state index contributed by atoms with van der Waals surface area (Å²) in [5.74, 6) is 0.890. The molecule has 0 saturated heterocycles. The monoisotopic (exact) mass is 437 g/mol. The molecule has 166 valence electrons. The van der Waals surface area contributed by atoms with Crippen molar-refractivity contribution in [3.63, 3.8) is 0 Å². The van der Waals surface area contributed by atoms with E-state index in [1.54, 1.807) is 7.11 Å². The van der Waals surface area contributed by atoms with Gasteiger partial charge in [-0.2, -0.15) is 0 Å². The van der Waals surface area contributed by atoms with Crippen molar-refractivity contribution in [3.05, 3.63) is 101 Å². The maximum Gasteiger partial charge on any atom is 0.214 e. The van der Waals surface area contributed by atoms with Crippen molar-refractivity contribution in [3.8, 4) is 5.75 Å². The number of Topliss-reactive ketones (excluding diaryl/α,β-unsaturated/α-hetero) is 2. The molecule has 0 fully saturated rings. The number of ketones is 2. The van der Waals surface area contributed by atoms with Crippen molar-refractivity contribution in [2.24, 2.45) is 10.9 Å². The minimum Gasteiger partial charge on any atom is -0.497 e. The molecule has 2 aliphatic rings. The standard InChI is InChI=1S/C29H27NO3/c1-18-15-20-7-3-4-8-22(20)25(18)17-27(31)28-29(32)24-10-6-5-9-23(24)26(30-28)16-19-11-13-21(33-2)14-12-19/h3-14,18,25-26H,15-17H2,1-2H3/t18-,25+,26?/m0/s1. The maximum absolute atomic E-state index is 13.4. The molecule has 1 heterocycles. The lowest BCUT2D eigenvalue weighted by Crippen LogP contribution is -2.31. The Balaban J connectivity index is 1.44. The van der Waals surface area contributed by atoms with E-state index in [0.717, 1.165) is 23.3 Å². The van der Waals surface area contributed by atoms with Crippen LogP contribution in [0, 0.1) is 5.92 Å². The number of carbonyl (C=O) groups excluding carboxylic acids is 2. The van der Waals surface area contributed by atoms with E-state index < -0.39 is 0 Å². The lowest BCUT2D eigenvalue weighted by Gasteiger charge is -2.24. The van der Waals surface area contributed by atoms with Gasteiger partial charge in [0.15, 0.2) is 5.78 Å². The highest BCUT2D eigenvalue weighted by molar-refractivity contribution is 6.69. The Kier molecular flexibility index (Phi) is 5.67. The molecule has 4 heteroatoms. The van der Waals surface area contributed by atoms with Gasteiger partial charge in [0, 0.05) is 12.0 Å². The summed E-state index contributed by atoms with van der Waals surface area (Å²) in [6, 6.07) is 23.4. The van der Waals surface area contributed by atoms with E-state index in [1.165, 1.54) is 11.1 Å². The second kappa shape index (κ2) is 8.78. The highest BCUT2D eigenvalue weighted by Crippen LogP contribution is 2.40. The van der Waals surface area contributed by atoms with Crippen LogP contribution in [0.2, 0.25) is 0 Å². The number of carbonyl (C=O) groups is 2. The average molecular weight is 438 g/mol. The van der Waals surface area contributed by atoms with Gasteiger partial charge in [0.05, 0.1) is 13.2 Å². The van der Waals surface area contributed by atoms with Crippen LogP contribution in [0.4, 0.5) is 0 Å². The van der Waals surface area contributed by atoms with Crippen LogP contribution < -0.4 is 4.74 Å². The molecule has 5 rings (SSSR count). The number of rotatable bonds is 6. The number of methoxy groups -OCH3 is 1. The molecule has 0 N–H and O–H groups in total. The van der Waals surface area contributed by atoms with E-state index in [1.807, 2.05) is 60.7 Å². The van der Waals surface area contributed by atoms with Crippen LogP contribution in [0.25, 0.3) is 0 Å². The van der Waals surface area contributed by atoms with E-state index >= 15 is 0 Å². The minimum absolute atomic E-state index is 0.101. The molecule has 1 aliphatic carbocycles. The molecule has 0 amide bonds. The van der Waals surface area contributed by atoms with Crippen LogP contribution in [-0.4, -0.2) is 24.4 Å². The maximum atomic E-state index is 13.4. The predicted octanol–water partition coefficient (Wildman–Crippen LogP) is 5.55. The van der Waals surface area contributed by atoms with E-state index in [4.69, 9.17) is 9.73 Å². The lowest BCUT2D eigenvalue weighted by molar-refractivity contribution is -0.113. The molecule has 0 bridgehead atoms. The average Bonchev–Trinajstić information content (AvgIpc) is 3.16. The lowest BCUT2D eigenvalue weighted by atomic mass is 9.84. The third-order valence-electron chi connectivity index (χ3n) is 7.01. The molecule has 3 atom stereocenters. The zero-order valence-corrected chi connectivity index (χ0v) is 19.0. The fourth-order valence-corrected chi connectivity index (χ4v) is 5.23. The molecule has 4 nitrogen and oxygen atoms in total. The van der Waals surface area contributed by atoms with Gasteiger partial charge in [-0.25, -0.2) is 0 Å². The van der Waals surface area contributed by atoms with Gasteiger partial charge in [0.1, 0.15) is 11.5 Å². The Morgan fingerprint density at radius 3 is 2.42 bits per heavy atom. The number of fused-ring (bicyclic) bond motifs is 2. The van der Waals surface area contributed by atoms with Crippen molar-refractivity contribution >= 4 is 17.3 Å². The van der Waals surface area contributed by atoms with Crippen molar-refractivity contribution in [1.82, 2.24) is 0 Å². The third kappa shape index (κ3) is 4.02. The topological polar surface area (TPSA) is 55.7 Å². The van der Waals surface area contributed by atoms with Crippen LogP contribution in [-0.2, 0) is 17.6 Å². The first-order chi connectivity index (χ1) is 16.0. The quantitative estimate of drug-likeness (QED) is 0.508. The third-order valence-corrected chi connectivity index (χ3v) is 7.01. The van der Waals surface area contributed by atoms with E-state index in [-0.39, 0.29) is 29.2 Å². The summed E-state index contributed by atoms with van der Waals surface area (Å²) >= 11 is 0. The van der Waals surface area contributed by atoms with Gasteiger partial charge in [-0.1, -0.05) is 67.6 Å². The SMILES string of the molecule is COc1ccc(CC2N=C(C(=O)C[C@H]3c4ccccc4C[C@@H]3C)C(=O)c3ccccc32)cc1. The molecule has 0 radical (unpaired) electrons. The molecule has 3 aromatic rings. The number of nitrogens with zero attached hydrogens (tertiary/aromatic N) is 1. The fraction of sp³-hybridized carbons (Fsp3) is 0.276. The fourth-order valence-electron chi connectivity index (χ4n) is 5.23. The molecule has 0 aromatic heterocycles. The summed E-state index contributed by atoms with van der Waals surface area (Å²) in [5, 5.41) is 0. The Bertz CT molecular complexity index is 1240. The zero-order valence-electron chi connectivity index (χ0n) is 19.0. The molecular weight excluding hydrogens is 410 g/mol. The van der Waals surface area contributed by atoms with Gasteiger partial charge in [0.25, 0.3) is 0 Å². The normalized spacial score (nSPS) is 21.2. The predicted molar refractivity (Wildman–Crippen MR) is 129 cm³/mol. The Morgan fingerprint density at radius 2 is 1.67 bits per heavy atom. The van der Waals surface area contributed by atoms with Crippen LogP contribution in [0.3, 0.4) is 0 Å². The second-order valence-electron chi connectivity index (χ2n) is 9.08. The molecule has 0 spiro atoms. The second-order valence-corrected chi connectivity index (χ2v) is 9.08. The molecule has 3 aromatic carbocycles. The summed E-state index contributed by atoms with van der Waals surface area (Å²) in [5.41, 5.74) is 5.20. The van der Waals surface area contributed by atoms with E-state index in [9.17, 15) is 9.59 Å². The molecule has 0 saturated carbocycles. The van der Waals surface area contributed by atoms with Crippen molar-refractivity contribution < 1.29 is 14.3 Å². The van der Waals surface area contributed by atoms with Crippen LogP contribution in [0.5, 0.6) is 5.75 Å². The number of benzene rings is 3. The first-order valence-electron chi connectivity index (χ1n) is 11.5. The number of aliphatic imine (C=N–C) groups is 1. The minimum atomic E-state index is -0.264. The van der Waals surface area contributed by atoms with Gasteiger partial charge in [-0.05, 0) is 59.1 Å². The Morgan fingerprint density at radius 1 is 0.970 bits per heavy atom. The van der Waals surface area contributed by atoms with Crippen molar-refractivity contribution in [2.45, 2.75) is 38.1 Å². The van der Waals surface area contributed by atoms with Gasteiger partial charge in [-0.3, -0.25) is 14.6 Å². The summed E-state index contributed by atoms with van der Waals surface area (Å²) in [7, 11) is 1.64. The van der Waals surface area contributed by atoms with Gasteiger partial charge in [-0.15, -0.1) is 0 Å². The van der Waals surface area contributed by atoms with Gasteiger partial charge >= 0.3 is 0 Å². The summed E-state index contributed by atoms with van der Waals surface area (Å²) in [6.07, 6.45) is 1.91. The zero-order chi connectivity index (χ0) is 22.9. The van der Waals surface area contributed by atoms with Crippen LogP contribution >= 0.6 is 0 Å². The highest BCUT2D eigenvalue weighted by Gasteiger charge is 2.36. The Hall–Kier alpha value is -3.53. The molecule has 33 heavy (non-hydrogen) atoms. The summed E-state index contributed by atoms with van der Waals surface area (Å²) in [4.78, 5) is 31.5. The van der Waals surface area contributed by atoms with Crippen molar-refractivity contribution in [2.75, 3.05) is 7.11 Å². The Labute approximate surface area is 194 Å². The van der Waals surface area contributed by atoms with E-state index in [2.05, 4.69) is 19.1 Å². The van der Waals surface area contributed by atoms with Gasteiger partial charge < -0.3 is 4.74 Å². The number of hydrogen-bond acceptors (Lipinski definition) is 4. The number of ether oxygens (including phenoxy) is 1. The van der Waals surface area contributed by atoms with Crippen LogP contribution in [0.15, 0.2) is 77.8 Å². The summed E-state index contributed by atoms with van der Waals surface area (Å²) < 4.78 is 5.26. The molecule has 1 aliphatic heterocycles. The first-order valence-corrected chi connectivity index (χ1v) is 11.5. The van der Waals surface area contributed by atoms with Crippen LogP contribution in [0.1, 0.15) is 57.9 Å².